The summed E-state index contributed by atoms with van der Waals surface area (Å²) in [6, 6.07) is 3.07. The van der Waals surface area contributed by atoms with E-state index in [1.54, 1.807) is 6.07 Å². The number of carboxylic acid groups (broad SMARTS) is 1. The van der Waals surface area contributed by atoms with Gasteiger partial charge in [0.05, 0.1) is 0 Å². The van der Waals surface area contributed by atoms with Crippen LogP contribution < -0.4 is 0 Å². The zero-order chi connectivity index (χ0) is 14.3. The van der Waals surface area contributed by atoms with Gasteiger partial charge in [-0.15, -0.1) is 11.8 Å². The number of pyridine rings is 1. The molecule has 0 spiro atoms. The van der Waals surface area contributed by atoms with Gasteiger partial charge in [-0.2, -0.15) is 13.2 Å². The molecule has 0 radical (unpaired) electrons. The molecule has 1 N–H and O–H groups in total. The first-order chi connectivity index (χ1) is 8.88. The van der Waals surface area contributed by atoms with Crippen LogP contribution in [0.2, 0.25) is 0 Å². The molecule has 0 aromatic carbocycles. The largest absolute Gasteiger partial charge is 0.477 e. The Labute approximate surface area is 112 Å². The molecular weight excluding hydrogens is 283 g/mol. The van der Waals surface area contributed by atoms with Gasteiger partial charge >= 0.3 is 12.1 Å². The molecule has 0 aliphatic heterocycles. The zero-order valence-electron chi connectivity index (χ0n) is 9.81. The van der Waals surface area contributed by atoms with Crippen molar-refractivity contribution in [3.05, 3.63) is 24.0 Å². The van der Waals surface area contributed by atoms with Crippen molar-refractivity contribution in [2.24, 2.45) is 0 Å². The van der Waals surface area contributed by atoms with Crippen molar-refractivity contribution < 1.29 is 27.8 Å². The number of thioether (sulfide) groups is 1. The number of aromatic carboxylic acids is 1. The average Bonchev–Trinajstić information content (AvgIpc) is 2.32. The van der Waals surface area contributed by atoms with Gasteiger partial charge in [0.25, 0.3) is 0 Å². The van der Waals surface area contributed by atoms with Crippen LogP contribution in [0, 0.1) is 0 Å². The average molecular weight is 295 g/mol. The summed E-state index contributed by atoms with van der Waals surface area (Å²) in [5.74, 6) is -0.572. The summed E-state index contributed by atoms with van der Waals surface area (Å²) in [6.07, 6.45) is -2.47. The van der Waals surface area contributed by atoms with Crippen molar-refractivity contribution in [3.63, 3.8) is 0 Å². The number of aromatic nitrogens is 1. The number of carboxylic acids is 1. The predicted octanol–water partition coefficient (Wildman–Crippen LogP) is 2.84. The molecule has 0 amide bonds. The van der Waals surface area contributed by atoms with Gasteiger partial charge in [-0.3, -0.25) is 0 Å². The molecule has 1 heterocycles. The molecule has 0 saturated carbocycles. The highest BCUT2D eigenvalue weighted by molar-refractivity contribution is 7.99. The second-order valence-electron chi connectivity index (χ2n) is 3.55. The van der Waals surface area contributed by atoms with Crippen LogP contribution in [0.15, 0.2) is 23.2 Å². The quantitative estimate of drug-likeness (QED) is 0.619. The lowest BCUT2D eigenvalue weighted by atomic mass is 10.3. The standard InChI is InChI=1S/C11H12F3NO3S/c12-11(13,14)7-18-4-1-5-19-8-2-3-15-9(6-8)10(16)17/h2-3,6H,1,4-5,7H2,(H,16,17). The normalized spacial score (nSPS) is 11.5. The Morgan fingerprint density at radius 1 is 1.47 bits per heavy atom. The highest BCUT2D eigenvalue weighted by Gasteiger charge is 2.27. The molecule has 0 saturated heterocycles. The monoisotopic (exact) mass is 295 g/mol. The van der Waals surface area contributed by atoms with E-state index in [0.29, 0.717) is 17.1 Å². The van der Waals surface area contributed by atoms with Gasteiger partial charge in [0.15, 0.2) is 0 Å². The van der Waals surface area contributed by atoms with Gasteiger partial charge < -0.3 is 9.84 Å². The number of carbonyl (C=O) groups is 1. The Balaban J connectivity index is 2.23. The smallest absolute Gasteiger partial charge is 0.411 e. The highest BCUT2D eigenvalue weighted by atomic mass is 32.2. The van der Waals surface area contributed by atoms with Crippen LogP contribution in [-0.4, -0.2) is 41.2 Å². The maximum atomic E-state index is 11.8. The molecule has 1 rings (SSSR count). The summed E-state index contributed by atoms with van der Waals surface area (Å²) < 4.78 is 39.7. The van der Waals surface area contributed by atoms with Crippen LogP contribution in [0.5, 0.6) is 0 Å². The fourth-order valence-electron chi connectivity index (χ4n) is 1.16. The molecule has 0 fully saturated rings. The first-order valence-electron chi connectivity index (χ1n) is 5.35. The van der Waals surface area contributed by atoms with E-state index in [1.165, 1.54) is 24.0 Å². The van der Waals surface area contributed by atoms with E-state index in [9.17, 15) is 18.0 Å². The number of hydrogen-bond acceptors (Lipinski definition) is 4. The van der Waals surface area contributed by atoms with Crippen molar-refractivity contribution in [3.8, 4) is 0 Å². The lowest BCUT2D eigenvalue weighted by Gasteiger charge is -2.07. The van der Waals surface area contributed by atoms with Crippen LogP contribution >= 0.6 is 11.8 Å². The molecule has 0 unspecified atom stereocenters. The molecule has 0 bridgehead atoms. The first-order valence-corrected chi connectivity index (χ1v) is 6.34. The summed E-state index contributed by atoms with van der Waals surface area (Å²) in [4.78, 5) is 15.0. The first kappa shape index (κ1) is 15.8. The lowest BCUT2D eigenvalue weighted by Crippen LogP contribution is -2.17. The second kappa shape index (κ2) is 7.34. The van der Waals surface area contributed by atoms with E-state index in [-0.39, 0.29) is 12.3 Å². The third-order valence-electron chi connectivity index (χ3n) is 1.92. The lowest BCUT2D eigenvalue weighted by molar-refractivity contribution is -0.173. The van der Waals surface area contributed by atoms with E-state index in [1.807, 2.05) is 0 Å². The summed E-state index contributed by atoms with van der Waals surface area (Å²) in [5, 5.41) is 8.73. The summed E-state index contributed by atoms with van der Waals surface area (Å²) in [7, 11) is 0. The number of halogens is 3. The van der Waals surface area contributed by atoms with E-state index in [2.05, 4.69) is 9.72 Å². The van der Waals surface area contributed by atoms with Crippen LogP contribution in [0.1, 0.15) is 16.9 Å². The molecular formula is C11H12F3NO3S. The van der Waals surface area contributed by atoms with Crippen LogP contribution in [0.3, 0.4) is 0 Å². The van der Waals surface area contributed by atoms with Gasteiger partial charge in [0.1, 0.15) is 12.3 Å². The van der Waals surface area contributed by atoms with E-state index in [4.69, 9.17) is 5.11 Å². The molecule has 0 aliphatic carbocycles. The van der Waals surface area contributed by atoms with Crippen molar-refractivity contribution in [2.75, 3.05) is 19.0 Å². The van der Waals surface area contributed by atoms with Crippen LogP contribution in [-0.2, 0) is 4.74 Å². The number of nitrogens with zero attached hydrogens (tertiary/aromatic N) is 1. The molecule has 8 heteroatoms. The Kier molecular flexibility index (Phi) is 6.10. The van der Waals surface area contributed by atoms with Crippen molar-refractivity contribution in [1.82, 2.24) is 4.98 Å². The molecule has 1 aromatic rings. The number of rotatable bonds is 7. The van der Waals surface area contributed by atoms with Gasteiger partial charge in [0, 0.05) is 23.5 Å². The molecule has 4 nitrogen and oxygen atoms in total. The Bertz CT molecular complexity index is 426. The maximum absolute atomic E-state index is 11.8. The molecule has 106 valence electrons. The van der Waals surface area contributed by atoms with E-state index < -0.39 is 18.8 Å². The summed E-state index contributed by atoms with van der Waals surface area (Å²) in [6.45, 7) is -1.22. The van der Waals surface area contributed by atoms with Gasteiger partial charge in [-0.05, 0) is 18.6 Å². The fraction of sp³-hybridized carbons (Fsp3) is 0.455. The van der Waals surface area contributed by atoms with Gasteiger partial charge in [-0.1, -0.05) is 0 Å². The number of ether oxygens (including phenoxy) is 1. The van der Waals surface area contributed by atoms with Gasteiger partial charge in [-0.25, -0.2) is 9.78 Å². The third-order valence-corrected chi connectivity index (χ3v) is 3.00. The Morgan fingerprint density at radius 3 is 2.84 bits per heavy atom. The van der Waals surface area contributed by atoms with Crippen LogP contribution in [0.25, 0.3) is 0 Å². The number of alkyl halides is 3. The summed E-state index contributed by atoms with van der Waals surface area (Å²) >= 11 is 1.35. The van der Waals surface area contributed by atoms with Gasteiger partial charge in [0.2, 0.25) is 0 Å². The Morgan fingerprint density at radius 2 is 2.21 bits per heavy atom. The predicted molar refractivity (Wildman–Crippen MR) is 63.4 cm³/mol. The minimum atomic E-state index is -4.30. The van der Waals surface area contributed by atoms with Crippen molar-refractivity contribution >= 4 is 17.7 Å². The third kappa shape index (κ3) is 7.02. The number of hydrogen-bond donors (Lipinski definition) is 1. The molecule has 0 aliphatic rings. The topological polar surface area (TPSA) is 59.4 Å². The van der Waals surface area contributed by atoms with E-state index in [0.717, 1.165) is 0 Å². The van der Waals surface area contributed by atoms with E-state index >= 15 is 0 Å². The minimum Gasteiger partial charge on any atom is -0.477 e. The fourth-order valence-corrected chi connectivity index (χ4v) is 2.01. The summed E-state index contributed by atoms with van der Waals surface area (Å²) in [5.41, 5.74) is -0.0571. The molecule has 19 heavy (non-hydrogen) atoms. The van der Waals surface area contributed by atoms with Crippen molar-refractivity contribution in [1.29, 1.82) is 0 Å². The SMILES string of the molecule is O=C(O)c1cc(SCCCOCC(F)(F)F)ccn1. The minimum absolute atomic E-state index is 0.0172. The zero-order valence-corrected chi connectivity index (χ0v) is 10.6. The molecule has 1 aromatic heterocycles. The maximum Gasteiger partial charge on any atom is 0.411 e. The van der Waals surface area contributed by atoms with Crippen molar-refractivity contribution in [2.45, 2.75) is 17.5 Å². The molecule has 0 atom stereocenters. The Hall–Kier alpha value is -1.28. The van der Waals surface area contributed by atoms with Crippen LogP contribution in [0.4, 0.5) is 13.2 Å². The second-order valence-corrected chi connectivity index (χ2v) is 4.72. The highest BCUT2D eigenvalue weighted by Crippen LogP contribution is 2.19.